The van der Waals surface area contributed by atoms with E-state index in [4.69, 9.17) is 4.74 Å². The fourth-order valence-electron chi connectivity index (χ4n) is 2.86. The van der Waals surface area contributed by atoms with Crippen LogP contribution < -0.4 is 9.46 Å². The topological polar surface area (TPSA) is 75.7 Å². The zero-order valence-corrected chi connectivity index (χ0v) is 18.1. The molecule has 0 aliphatic heterocycles. The van der Waals surface area contributed by atoms with Gasteiger partial charge in [0.25, 0.3) is 15.9 Å². The van der Waals surface area contributed by atoms with Crippen molar-refractivity contribution in [1.29, 1.82) is 0 Å². The van der Waals surface area contributed by atoms with Crippen molar-refractivity contribution in [2.45, 2.75) is 11.4 Å². The predicted octanol–water partition coefficient (Wildman–Crippen LogP) is 4.39. The van der Waals surface area contributed by atoms with Gasteiger partial charge in [0.1, 0.15) is 5.75 Å². The summed E-state index contributed by atoms with van der Waals surface area (Å²) in [6.45, 7) is 4.58. The number of benzene rings is 2. The van der Waals surface area contributed by atoms with Gasteiger partial charge in [-0.1, -0.05) is 24.3 Å². The van der Waals surface area contributed by atoms with Gasteiger partial charge in [-0.2, -0.15) is 0 Å². The lowest BCUT2D eigenvalue weighted by Gasteiger charge is -2.20. The lowest BCUT2D eigenvalue weighted by molar-refractivity contribution is 0.0764. The number of sulfonamides is 1. The summed E-state index contributed by atoms with van der Waals surface area (Å²) in [6, 6.07) is 16.5. The van der Waals surface area contributed by atoms with Gasteiger partial charge in [0.05, 0.1) is 24.2 Å². The van der Waals surface area contributed by atoms with Crippen LogP contribution in [0.15, 0.2) is 83.6 Å². The van der Waals surface area contributed by atoms with Crippen LogP contribution in [0, 0.1) is 0 Å². The maximum Gasteiger partial charge on any atom is 0.262 e. The molecule has 0 aliphatic carbocycles. The molecule has 1 amide bonds. The maximum absolute atomic E-state index is 12.9. The Hall–Kier alpha value is -3.10. The summed E-state index contributed by atoms with van der Waals surface area (Å²) in [7, 11) is -2.36. The third kappa shape index (κ3) is 5.08. The summed E-state index contributed by atoms with van der Waals surface area (Å²) < 4.78 is 33.2. The first-order chi connectivity index (χ1) is 14.4. The molecule has 6 nitrogen and oxygen atoms in total. The minimum atomic E-state index is -3.83. The van der Waals surface area contributed by atoms with E-state index in [0.717, 1.165) is 4.88 Å². The van der Waals surface area contributed by atoms with Gasteiger partial charge in [0, 0.05) is 17.0 Å². The van der Waals surface area contributed by atoms with Gasteiger partial charge in [-0.15, -0.1) is 17.9 Å². The van der Waals surface area contributed by atoms with Crippen molar-refractivity contribution < 1.29 is 17.9 Å². The van der Waals surface area contributed by atoms with Gasteiger partial charge in [-0.3, -0.25) is 9.52 Å². The number of thiophene rings is 1. The van der Waals surface area contributed by atoms with Crippen molar-refractivity contribution in [3.05, 3.63) is 89.1 Å². The molecule has 1 heterocycles. The molecule has 0 saturated carbocycles. The molecular formula is C22H22N2O4S2. The van der Waals surface area contributed by atoms with Crippen LogP contribution in [0.5, 0.6) is 5.75 Å². The van der Waals surface area contributed by atoms with E-state index in [2.05, 4.69) is 11.3 Å². The smallest absolute Gasteiger partial charge is 0.262 e. The van der Waals surface area contributed by atoms with Crippen LogP contribution in [0.3, 0.4) is 0 Å². The molecule has 3 aromatic rings. The van der Waals surface area contributed by atoms with Crippen LogP contribution >= 0.6 is 11.3 Å². The molecule has 0 spiro atoms. The second kappa shape index (κ2) is 9.60. The molecular weight excluding hydrogens is 420 g/mol. The van der Waals surface area contributed by atoms with E-state index < -0.39 is 10.0 Å². The molecule has 0 saturated heterocycles. The lowest BCUT2D eigenvalue weighted by atomic mass is 10.2. The number of hydrogen-bond donors (Lipinski definition) is 1. The number of hydrogen-bond acceptors (Lipinski definition) is 5. The number of rotatable bonds is 9. The summed E-state index contributed by atoms with van der Waals surface area (Å²) >= 11 is 1.57. The highest BCUT2D eigenvalue weighted by Crippen LogP contribution is 2.26. The molecule has 0 aliphatic rings. The largest absolute Gasteiger partial charge is 0.495 e. The quantitative estimate of drug-likeness (QED) is 0.499. The molecule has 8 heteroatoms. The molecule has 0 fully saturated rings. The van der Waals surface area contributed by atoms with Gasteiger partial charge in [0.15, 0.2) is 0 Å². The monoisotopic (exact) mass is 442 g/mol. The number of carbonyl (C=O) groups is 1. The molecule has 1 aromatic heterocycles. The van der Waals surface area contributed by atoms with Crippen molar-refractivity contribution in [1.82, 2.24) is 4.90 Å². The normalized spacial score (nSPS) is 11.0. The fraction of sp³-hybridized carbons (Fsp3) is 0.136. The van der Waals surface area contributed by atoms with E-state index in [0.29, 0.717) is 30.1 Å². The Morgan fingerprint density at radius 1 is 1.13 bits per heavy atom. The average molecular weight is 443 g/mol. The number of methoxy groups -OCH3 is 1. The van der Waals surface area contributed by atoms with E-state index in [1.807, 2.05) is 17.5 Å². The molecule has 0 radical (unpaired) electrons. The van der Waals surface area contributed by atoms with E-state index in [1.54, 1.807) is 46.6 Å². The van der Waals surface area contributed by atoms with E-state index in [1.165, 1.54) is 31.4 Å². The third-order valence-electron chi connectivity index (χ3n) is 4.33. The molecule has 3 rings (SSSR count). The molecule has 1 N–H and O–H groups in total. The van der Waals surface area contributed by atoms with Crippen LogP contribution in [0.2, 0.25) is 0 Å². The Kier molecular flexibility index (Phi) is 6.91. The third-order valence-corrected chi connectivity index (χ3v) is 6.57. The van der Waals surface area contributed by atoms with Gasteiger partial charge >= 0.3 is 0 Å². The van der Waals surface area contributed by atoms with Crippen molar-refractivity contribution in [3.63, 3.8) is 0 Å². The van der Waals surface area contributed by atoms with Gasteiger partial charge in [-0.05, 0) is 47.8 Å². The molecule has 0 unspecified atom stereocenters. The molecule has 0 atom stereocenters. The number of para-hydroxylation sites is 2. The number of carbonyl (C=O) groups excluding carboxylic acids is 1. The molecule has 30 heavy (non-hydrogen) atoms. The number of nitrogens with zero attached hydrogens (tertiary/aromatic N) is 1. The maximum atomic E-state index is 12.9. The van der Waals surface area contributed by atoms with E-state index in [9.17, 15) is 13.2 Å². The lowest BCUT2D eigenvalue weighted by Crippen LogP contribution is -2.30. The van der Waals surface area contributed by atoms with Crippen molar-refractivity contribution in [2.75, 3.05) is 18.4 Å². The zero-order chi connectivity index (χ0) is 21.6. The minimum absolute atomic E-state index is 0.0542. The predicted molar refractivity (Wildman–Crippen MR) is 120 cm³/mol. The Bertz CT molecular complexity index is 1110. The summed E-state index contributed by atoms with van der Waals surface area (Å²) in [5, 5.41) is 1.96. The number of anilines is 1. The first-order valence-electron chi connectivity index (χ1n) is 9.13. The Balaban J connectivity index is 1.78. The van der Waals surface area contributed by atoms with Crippen molar-refractivity contribution in [2.24, 2.45) is 0 Å². The first-order valence-corrected chi connectivity index (χ1v) is 11.5. The number of nitrogens with one attached hydrogen (secondary N) is 1. The average Bonchev–Trinajstić information content (AvgIpc) is 3.26. The number of ether oxygens (including phenoxy) is 1. The molecule has 156 valence electrons. The minimum Gasteiger partial charge on any atom is -0.495 e. The van der Waals surface area contributed by atoms with Gasteiger partial charge in [0.2, 0.25) is 0 Å². The highest BCUT2D eigenvalue weighted by atomic mass is 32.2. The summed E-state index contributed by atoms with van der Waals surface area (Å²) in [6.07, 6.45) is 1.67. The van der Waals surface area contributed by atoms with E-state index >= 15 is 0 Å². The Morgan fingerprint density at radius 2 is 1.87 bits per heavy atom. The standard InChI is InChI=1S/C22H22N2O4S2/c1-3-14-24(16-18-7-6-15-29-18)22(25)17-10-12-19(13-11-17)30(26,27)23-20-8-4-5-9-21(20)28-2/h3-13,15,23H,1,14,16H2,2H3. The zero-order valence-electron chi connectivity index (χ0n) is 16.4. The Morgan fingerprint density at radius 3 is 2.50 bits per heavy atom. The van der Waals surface area contributed by atoms with Crippen molar-refractivity contribution in [3.8, 4) is 5.75 Å². The number of amides is 1. The molecule has 0 bridgehead atoms. The SMILES string of the molecule is C=CCN(Cc1cccs1)C(=O)c1ccc(S(=O)(=O)Nc2ccccc2OC)cc1. The van der Waals surface area contributed by atoms with Crippen molar-refractivity contribution >= 4 is 33.0 Å². The fourth-order valence-corrected chi connectivity index (χ4v) is 4.65. The van der Waals surface area contributed by atoms with E-state index in [-0.39, 0.29) is 10.8 Å². The second-order valence-corrected chi connectivity index (χ2v) is 9.10. The van der Waals surface area contributed by atoms with Crippen LogP contribution in [0.1, 0.15) is 15.2 Å². The van der Waals surface area contributed by atoms with Gasteiger partial charge in [-0.25, -0.2) is 8.42 Å². The first kappa shape index (κ1) is 21.6. The summed E-state index contributed by atoms with van der Waals surface area (Å²) in [4.78, 5) is 15.7. The summed E-state index contributed by atoms with van der Waals surface area (Å²) in [5.41, 5.74) is 0.748. The van der Waals surface area contributed by atoms with Crippen LogP contribution in [0.25, 0.3) is 0 Å². The summed E-state index contributed by atoms with van der Waals surface area (Å²) in [5.74, 6) is 0.228. The van der Waals surface area contributed by atoms with Crippen LogP contribution in [-0.2, 0) is 16.6 Å². The van der Waals surface area contributed by atoms with Crippen LogP contribution in [-0.4, -0.2) is 32.9 Å². The van der Waals surface area contributed by atoms with Crippen LogP contribution in [0.4, 0.5) is 5.69 Å². The highest BCUT2D eigenvalue weighted by molar-refractivity contribution is 7.92. The second-order valence-electron chi connectivity index (χ2n) is 6.38. The van der Waals surface area contributed by atoms with Gasteiger partial charge < -0.3 is 9.64 Å². The molecule has 2 aromatic carbocycles. The highest BCUT2D eigenvalue weighted by Gasteiger charge is 2.19. The Labute approximate surface area is 180 Å².